The standard InChI is InChI=1S/C44H46ClN7O5/c1-25-34(7-4-8-35(25)42-48-36-16-27(15-30(20-46)40(36)57-42)22-51-23-31-18-33(51)19-39(31)53)29-5-3-6-32(17-29)52(45)43(54)41-47-37-24-50(14-13-38(37)49(41)2)21-26-9-11-28(12-10-26)44(55)56/h3-8,15-17,26,28,31,33,39,53H,9-14,18-19,21-24H2,1-2H3,(H,55,56). The van der Waals surface area contributed by atoms with Crippen LogP contribution < -0.4 is 4.42 Å². The first-order valence-electron chi connectivity index (χ1n) is 20.0. The SMILES string of the molecule is Cc1c(-c2cccc(N(Cl)C(=O)c3nc4c(n3C)CCN(CC3CCC(C(=O)O)CC3)C4)c2)cccc1-c1nc2cc(CN3CC4CC3CC4O)cc(C#N)c2o1. The lowest BCUT2D eigenvalue weighted by Gasteiger charge is -2.33. The van der Waals surface area contributed by atoms with Gasteiger partial charge in [-0.1, -0.05) is 24.3 Å². The van der Waals surface area contributed by atoms with Gasteiger partial charge in [-0.2, -0.15) is 5.26 Å². The molecule has 3 atom stereocenters. The molecule has 3 aromatic carbocycles. The van der Waals surface area contributed by atoms with E-state index >= 15 is 0 Å². The monoisotopic (exact) mass is 787 g/mol. The number of carboxylic acid groups (broad SMARTS) is 1. The summed E-state index contributed by atoms with van der Waals surface area (Å²) in [6, 6.07) is 20.0. The fourth-order valence-electron chi connectivity index (χ4n) is 9.89. The van der Waals surface area contributed by atoms with Gasteiger partial charge in [-0.3, -0.25) is 19.4 Å². The highest BCUT2D eigenvalue weighted by Gasteiger charge is 2.43. The van der Waals surface area contributed by atoms with Crippen molar-refractivity contribution in [2.24, 2.45) is 24.8 Å². The Labute approximate surface area is 336 Å². The van der Waals surface area contributed by atoms with Crippen LogP contribution in [0.2, 0.25) is 0 Å². The Kier molecular flexibility index (Phi) is 9.89. The summed E-state index contributed by atoms with van der Waals surface area (Å²) >= 11 is 6.82. The molecule has 1 saturated heterocycles. The largest absolute Gasteiger partial charge is 0.481 e. The molecule has 1 amide bonds. The highest BCUT2D eigenvalue weighted by atomic mass is 35.5. The molecule has 2 bridgehead atoms. The van der Waals surface area contributed by atoms with Crippen LogP contribution in [-0.2, 0) is 31.4 Å². The summed E-state index contributed by atoms with van der Waals surface area (Å²) in [7, 11) is 1.87. The molecule has 9 rings (SSSR count). The summed E-state index contributed by atoms with van der Waals surface area (Å²) in [5.41, 5.74) is 8.48. The van der Waals surface area contributed by atoms with Crippen molar-refractivity contribution in [3.05, 3.63) is 88.5 Å². The van der Waals surface area contributed by atoms with E-state index in [9.17, 15) is 25.1 Å². The number of nitrogens with zero attached hydrogens (tertiary/aromatic N) is 7. The average Bonchev–Trinajstić information content (AvgIpc) is 3.99. The van der Waals surface area contributed by atoms with Crippen LogP contribution in [0.3, 0.4) is 0 Å². The number of hydrogen-bond acceptors (Lipinski definition) is 9. The number of rotatable bonds is 9. The van der Waals surface area contributed by atoms with Gasteiger partial charge in [0.2, 0.25) is 11.7 Å². The van der Waals surface area contributed by atoms with E-state index in [2.05, 4.69) is 15.9 Å². The maximum atomic E-state index is 13.9. The van der Waals surface area contributed by atoms with Crippen molar-refractivity contribution in [1.29, 1.82) is 5.26 Å². The van der Waals surface area contributed by atoms with Crippen LogP contribution in [0.25, 0.3) is 33.7 Å². The number of aliphatic hydroxyl groups is 1. The van der Waals surface area contributed by atoms with E-state index in [-0.39, 0.29) is 17.8 Å². The fourth-order valence-corrected chi connectivity index (χ4v) is 10.1. The third-order valence-corrected chi connectivity index (χ3v) is 13.4. The van der Waals surface area contributed by atoms with Crippen molar-refractivity contribution in [2.45, 2.75) is 77.1 Å². The van der Waals surface area contributed by atoms with Crippen LogP contribution in [0.1, 0.15) is 77.2 Å². The Morgan fingerprint density at radius 2 is 1.84 bits per heavy atom. The summed E-state index contributed by atoms with van der Waals surface area (Å²) in [4.78, 5) is 39.8. The van der Waals surface area contributed by atoms with Crippen molar-refractivity contribution in [2.75, 3.05) is 24.1 Å². The molecule has 4 aliphatic rings. The Morgan fingerprint density at radius 3 is 2.58 bits per heavy atom. The molecule has 0 radical (unpaired) electrons. The lowest BCUT2D eigenvalue weighted by Crippen LogP contribution is -2.36. The number of aliphatic hydroxyl groups excluding tert-OH is 1. The van der Waals surface area contributed by atoms with Crippen LogP contribution in [0.4, 0.5) is 5.69 Å². The number of carbonyl (C=O) groups is 2. The van der Waals surface area contributed by atoms with Gasteiger partial charge in [-0.15, -0.1) is 0 Å². The highest BCUT2D eigenvalue weighted by Crippen LogP contribution is 2.40. The number of amides is 1. The first-order chi connectivity index (χ1) is 27.5. The second kappa shape index (κ2) is 15.0. The predicted octanol–water partition coefficient (Wildman–Crippen LogP) is 7.08. The third-order valence-electron chi connectivity index (χ3n) is 13.0. The number of fused-ring (bicyclic) bond motifs is 4. The average molecular weight is 788 g/mol. The lowest BCUT2D eigenvalue weighted by molar-refractivity contribution is -0.143. The van der Waals surface area contributed by atoms with Crippen LogP contribution in [0.5, 0.6) is 0 Å². The second-order valence-corrected chi connectivity index (χ2v) is 16.9. The number of aromatic nitrogens is 3. The molecule has 2 aromatic heterocycles. The number of oxazole rings is 1. The Morgan fingerprint density at radius 1 is 1.05 bits per heavy atom. The van der Waals surface area contributed by atoms with Gasteiger partial charge in [0.05, 0.1) is 29.0 Å². The van der Waals surface area contributed by atoms with E-state index in [0.29, 0.717) is 59.2 Å². The van der Waals surface area contributed by atoms with Gasteiger partial charge in [0.1, 0.15) is 11.6 Å². The molecule has 12 nitrogen and oxygen atoms in total. The normalized spacial score (nSPS) is 23.5. The Hall–Kier alpha value is -5.06. The molecule has 2 saturated carbocycles. The van der Waals surface area contributed by atoms with Crippen molar-refractivity contribution >= 4 is 40.4 Å². The summed E-state index contributed by atoms with van der Waals surface area (Å²) in [5.74, 6) is 0.184. The number of anilines is 1. The van der Waals surface area contributed by atoms with Crippen molar-refractivity contribution in [3.8, 4) is 28.7 Å². The maximum Gasteiger partial charge on any atom is 0.308 e. The van der Waals surface area contributed by atoms with E-state index in [1.54, 1.807) is 6.07 Å². The Balaban J connectivity index is 0.916. The fraction of sp³-hybridized carbons (Fsp3) is 0.432. The molecule has 5 aromatic rings. The predicted molar refractivity (Wildman–Crippen MR) is 215 cm³/mol. The minimum atomic E-state index is -0.684. The zero-order chi connectivity index (χ0) is 39.5. The smallest absolute Gasteiger partial charge is 0.308 e. The molecule has 2 N–H and O–H groups in total. The second-order valence-electron chi connectivity index (χ2n) is 16.5. The van der Waals surface area contributed by atoms with E-state index in [1.165, 1.54) is 0 Å². The topological polar surface area (TPSA) is 152 Å². The molecule has 2 aliphatic carbocycles. The molecule has 4 heterocycles. The first kappa shape index (κ1) is 37.5. The molecule has 13 heteroatoms. The van der Waals surface area contributed by atoms with Gasteiger partial charge in [0, 0.05) is 75.3 Å². The highest BCUT2D eigenvalue weighted by molar-refractivity contribution is 6.38. The Bertz CT molecular complexity index is 2420. The van der Waals surface area contributed by atoms with E-state index < -0.39 is 11.9 Å². The van der Waals surface area contributed by atoms with E-state index in [0.717, 1.165) is 108 Å². The minimum absolute atomic E-state index is 0.208. The number of imidazole rings is 1. The van der Waals surface area contributed by atoms with Gasteiger partial charge in [0.15, 0.2) is 5.58 Å². The van der Waals surface area contributed by atoms with E-state index in [1.807, 2.05) is 67.1 Å². The van der Waals surface area contributed by atoms with E-state index in [4.69, 9.17) is 26.2 Å². The number of halogens is 1. The van der Waals surface area contributed by atoms with Crippen molar-refractivity contribution < 1.29 is 24.2 Å². The number of benzene rings is 3. The summed E-state index contributed by atoms with van der Waals surface area (Å²) in [6.45, 7) is 5.98. The van der Waals surface area contributed by atoms with Gasteiger partial charge in [0.25, 0.3) is 0 Å². The molecular formula is C44H46ClN7O5. The van der Waals surface area contributed by atoms with Gasteiger partial charge >= 0.3 is 11.9 Å². The summed E-state index contributed by atoms with van der Waals surface area (Å²) in [5, 5.41) is 29.7. The summed E-state index contributed by atoms with van der Waals surface area (Å²) in [6.07, 6.45) is 5.70. The van der Waals surface area contributed by atoms with Gasteiger partial charge in [-0.25, -0.2) is 14.4 Å². The molecule has 0 spiro atoms. The number of hydrogen-bond donors (Lipinski definition) is 2. The number of carbonyl (C=O) groups excluding carboxylic acids is 1. The molecule has 3 unspecified atom stereocenters. The minimum Gasteiger partial charge on any atom is -0.481 e. The summed E-state index contributed by atoms with van der Waals surface area (Å²) < 4.78 is 9.29. The van der Waals surface area contributed by atoms with Crippen LogP contribution in [-0.4, -0.2) is 78.2 Å². The molecule has 57 heavy (non-hydrogen) atoms. The van der Waals surface area contributed by atoms with Gasteiger partial charge < -0.3 is 19.2 Å². The maximum absolute atomic E-state index is 13.9. The lowest BCUT2D eigenvalue weighted by atomic mass is 9.81. The zero-order valence-corrected chi connectivity index (χ0v) is 33.0. The third kappa shape index (κ3) is 7.01. The number of likely N-dealkylation sites (tertiary alicyclic amines) is 1. The molecule has 2 aliphatic heterocycles. The number of carboxylic acids is 1. The first-order valence-corrected chi connectivity index (χ1v) is 20.3. The molecule has 294 valence electrons. The van der Waals surface area contributed by atoms with Crippen LogP contribution >= 0.6 is 11.8 Å². The van der Waals surface area contributed by atoms with Crippen molar-refractivity contribution in [3.63, 3.8) is 0 Å². The van der Waals surface area contributed by atoms with Crippen molar-refractivity contribution in [1.82, 2.24) is 24.3 Å². The molecule has 3 fully saturated rings. The molecular weight excluding hydrogens is 742 g/mol. The van der Waals surface area contributed by atoms with Crippen LogP contribution in [0, 0.1) is 36.0 Å². The zero-order valence-electron chi connectivity index (χ0n) is 32.2. The quantitative estimate of drug-likeness (QED) is 0.148. The number of aliphatic carboxylic acids is 1. The van der Waals surface area contributed by atoms with Gasteiger partial charge in [-0.05, 0) is 110 Å². The number of nitriles is 1. The number of piperidine rings is 1. The van der Waals surface area contributed by atoms with Crippen LogP contribution in [0.15, 0.2) is 59.0 Å².